The number of likely N-dealkylation sites (N-methyl/N-ethyl adjacent to an activating group) is 1. The van der Waals surface area contributed by atoms with Gasteiger partial charge in [0.1, 0.15) is 5.76 Å². The zero-order valence-corrected chi connectivity index (χ0v) is 15.6. The SMILES string of the molecule is Cc1cccc(C(C)C)c1NC(=O)C(=O)N(C)Cc1c(C)noc1C. The Morgan fingerprint density at radius 2 is 1.92 bits per heavy atom. The molecule has 1 heterocycles. The van der Waals surface area contributed by atoms with Crippen molar-refractivity contribution in [2.45, 2.75) is 47.1 Å². The molecule has 0 radical (unpaired) electrons. The summed E-state index contributed by atoms with van der Waals surface area (Å²) in [5.41, 5.74) is 4.19. The van der Waals surface area contributed by atoms with Crippen LogP contribution < -0.4 is 5.32 Å². The molecule has 0 spiro atoms. The Morgan fingerprint density at radius 3 is 2.48 bits per heavy atom. The van der Waals surface area contributed by atoms with Gasteiger partial charge in [0.2, 0.25) is 0 Å². The third-order valence-electron chi connectivity index (χ3n) is 4.28. The normalized spacial score (nSPS) is 10.8. The summed E-state index contributed by atoms with van der Waals surface area (Å²) < 4.78 is 5.10. The minimum Gasteiger partial charge on any atom is -0.361 e. The van der Waals surface area contributed by atoms with Gasteiger partial charge in [0.15, 0.2) is 0 Å². The van der Waals surface area contributed by atoms with E-state index in [-0.39, 0.29) is 12.5 Å². The first-order valence-electron chi connectivity index (χ1n) is 8.30. The Kier molecular flexibility index (Phi) is 5.62. The number of carbonyl (C=O) groups is 2. The first-order chi connectivity index (χ1) is 11.7. The summed E-state index contributed by atoms with van der Waals surface area (Å²) in [6.07, 6.45) is 0. The zero-order chi connectivity index (χ0) is 18.7. The quantitative estimate of drug-likeness (QED) is 0.864. The number of nitrogens with zero attached hydrogens (tertiary/aromatic N) is 2. The van der Waals surface area contributed by atoms with Crippen molar-refractivity contribution in [3.63, 3.8) is 0 Å². The van der Waals surface area contributed by atoms with Crippen molar-refractivity contribution in [3.8, 4) is 0 Å². The Hall–Kier alpha value is -2.63. The van der Waals surface area contributed by atoms with Gasteiger partial charge in [-0.25, -0.2) is 0 Å². The number of amides is 2. The number of carbonyl (C=O) groups excluding carboxylic acids is 2. The summed E-state index contributed by atoms with van der Waals surface area (Å²) >= 11 is 0. The molecule has 0 atom stereocenters. The van der Waals surface area contributed by atoms with E-state index in [1.807, 2.05) is 32.0 Å². The molecule has 0 saturated carbocycles. The molecule has 1 aromatic carbocycles. The monoisotopic (exact) mass is 343 g/mol. The predicted octanol–water partition coefficient (Wildman–Crippen LogP) is 3.32. The number of anilines is 1. The molecule has 1 N–H and O–H groups in total. The summed E-state index contributed by atoms with van der Waals surface area (Å²) in [4.78, 5) is 26.3. The molecule has 2 aromatic rings. The molecule has 1 aromatic heterocycles. The van der Waals surface area contributed by atoms with Crippen LogP contribution in [0.4, 0.5) is 5.69 Å². The summed E-state index contributed by atoms with van der Waals surface area (Å²) in [6.45, 7) is 9.89. The number of hydrogen-bond donors (Lipinski definition) is 1. The smallest absolute Gasteiger partial charge is 0.313 e. The molecule has 0 saturated heterocycles. The highest BCUT2D eigenvalue weighted by atomic mass is 16.5. The van der Waals surface area contributed by atoms with Crippen LogP contribution in [0.1, 0.15) is 47.9 Å². The highest BCUT2D eigenvalue weighted by Crippen LogP contribution is 2.27. The second-order valence-corrected chi connectivity index (χ2v) is 6.61. The van der Waals surface area contributed by atoms with Crippen molar-refractivity contribution < 1.29 is 14.1 Å². The van der Waals surface area contributed by atoms with Gasteiger partial charge < -0.3 is 14.7 Å². The standard InChI is InChI=1S/C19H25N3O3/c1-11(2)15-9-7-8-12(3)17(15)20-18(23)19(24)22(6)10-16-13(4)21-25-14(16)5/h7-9,11H,10H2,1-6H3,(H,20,23). The van der Waals surface area contributed by atoms with Crippen LogP contribution >= 0.6 is 0 Å². The van der Waals surface area contributed by atoms with E-state index in [0.717, 1.165) is 22.4 Å². The van der Waals surface area contributed by atoms with E-state index in [2.05, 4.69) is 24.3 Å². The van der Waals surface area contributed by atoms with E-state index in [1.54, 1.807) is 14.0 Å². The van der Waals surface area contributed by atoms with Gasteiger partial charge in [-0.2, -0.15) is 0 Å². The van der Waals surface area contributed by atoms with Gasteiger partial charge in [-0.3, -0.25) is 9.59 Å². The number of aryl methyl sites for hydroxylation is 3. The van der Waals surface area contributed by atoms with Crippen LogP contribution in [0.5, 0.6) is 0 Å². The first-order valence-corrected chi connectivity index (χ1v) is 8.30. The third-order valence-corrected chi connectivity index (χ3v) is 4.28. The van der Waals surface area contributed by atoms with E-state index in [0.29, 0.717) is 11.4 Å². The Bertz CT molecular complexity index is 774. The van der Waals surface area contributed by atoms with Crippen LogP contribution in [0, 0.1) is 20.8 Å². The zero-order valence-electron chi connectivity index (χ0n) is 15.6. The first kappa shape index (κ1) is 18.7. The third kappa shape index (κ3) is 4.07. The van der Waals surface area contributed by atoms with Crippen LogP contribution in [0.15, 0.2) is 22.7 Å². The molecule has 0 aliphatic heterocycles. The van der Waals surface area contributed by atoms with Gasteiger partial charge in [-0.15, -0.1) is 0 Å². The maximum absolute atomic E-state index is 12.5. The van der Waals surface area contributed by atoms with E-state index in [1.165, 1.54) is 4.90 Å². The number of aromatic nitrogens is 1. The molecule has 0 aliphatic carbocycles. The van der Waals surface area contributed by atoms with Crippen molar-refractivity contribution in [2.24, 2.45) is 0 Å². The van der Waals surface area contributed by atoms with Gasteiger partial charge in [0.25, 0.3) is 0 Å². The fourth-order valence-corrected chi connectivity index (χ4v) is 2.72. The molecule has 0 unspecified atom stereocenters. The molecule has 134 valence electrons. The number of rotatable bonds is 4. The number of nitrogens with one attached hydrogen (secondary N) is 1. The molecule has 25 heavy (non-hydrogen) atoms. The molecule has 0 bridgehead atoms. The highest BCUT2D eigenvalue weighted by Gasteiger charge is 2.23. The molecule has 0 fully saturated rings. The number of hydrogen-bond acceptors (Lipinski definition) is 4. The van der Waals surface area contributed by atoms with Crippen LogP contribution in [0.3, 0.4) is 0 Å². The van der Waals surface area contributed by atoms with Crippen LogP contribution in [-0.4, -0.2) is 28.9 Å². The Labute approximate surface area is 148 Å². The lowest BCUT2D eigenvalue weighted by Gasteiger charge is -2.19. The molecule has 6 nitrogen and oxygen atoms in total. The summed E-state index contributed by atoms with van der Waals surface area (Å²) in [7, 11) is 1.59. The van der Waals surface area contributed by atoms with Crippen LogP contribution in [0.2, 0.25) is 0 Å². The fraction of sp³-hybridized carbons (Fsp3) is 0.421. The van der Waals surface area contributed by atoms with Crippen molar-refractivity contribution >= 4 is 17.5 Å². The lowest BCUT2D eigenvalue weighted by Crippen LogP contribution is -2.37. The van der Waals surface area contributed by atoms with Gasteiger partial charge in [0, 0.05) is 18.3 Å². The highest BCUT2D eigenvalue weighted by molar-refractivity contribution is 6.39. The van der Waals surface area contributed by atoms with E-state index in [4.69, 9.17) is 4.52 Å². The predicted molar refractivity (Wildman–Crippen MR) is 96.3 cm³/mol. The average molecular weight is 343 g/mol. The van der Waals surface area contributed by atoms with E-state index >= 15 is 0 Å². The number of benzene rings is 1. The molecular formula is C19H25N3O3. The van der Waals surface area contributed by atoms with Gasteiger partial charge in [-0.1, -0.05) is 37.2 Å². The van der Waals surface area contributed by atoms with Crippen LogP contribution in [0.25, 0.3) is 0 Å². The summed E-state index contributed by atoms with van der Waals surface area (Å²) in [5, 5.41) is 6.65. The van der Waals surface area contributed by atoms with Gasteiger partial charge in [-0.05, 0) is 37.8 Å². The van der Waals surface area contributed by atoms with Crippen molar-refractivity contribution in [1.29, 1.82) is 0 Å². The second kappa shape index (κ2) is 7.51. The molecule has 0 aliphatic rings. The largest absolute Gasteiger partial charge is 0.361 e. The molecule has 6 heteroatoms. The lowest BCUT2D eigenvalue weighted by molar-refractivity contribution is -0.142. The summed E-state index contributed by atoms with van der Waals surface area (Å²) in [5.74, 6) is -0.354. The topological polar surface area (TPSA) is 75.4 Å². The molecule has 2 rings (SSSR count). The van der Waals surface area contributed by atoms with E-state index in [9.17, 15) is 9.59 Å². The Morgan fingerprint density at radius 1 is 1.24 bits per heavy atom. The van der Waals surface area contributed by atoms with Gasteiger partial charge in [0.05, 0.1) is 12.2 Å². The average Bonchev–Trinajstić information content (AvgIpc) is 2.87. The minimum atomic E-state index is -0.648. The Balaban J connectivity index is 2.15. The lowest BCUT2D eigenvalue weighted by atomic mass is 9.98. The second-order valence-electron chi connectivity index (χ2n) is 6.61. The van der Waals surface area contributed by atoms with Crippen LogP contribution in [-0.2, 0) is 16.1 Å². The van der Waals surface area contributed by atoms with Gasteiger partial charge >= 0.3 is 11.8 Å². The van der Waals surface area contributed by atoms with Crippen molar-refractivity contribution in [1.82, 2.24) is 10.1 Å². The summed E-state index contributed by atoms with van der Waals surface area (Å²) in [6, 6.07) is 5.83. The van der Waals surface area contributed by atoms with Crippen molar-refractivity contribution in [3.05, 3.63) is 46.3 Å². The molecule has 2 amide bonds. The van der Waals surface area contributed by atoms with Crippen molar-refractivity contribution in [2.75, 3.05) is 12.4 Å². The fourth-order valence-electron chi connectivity index (χ4n) is 2.72. The number of para-hydroxylation sites is 1. The maximum Gasteiger partial charge on any atom is 0.313 e. The maximum atomic E-state index is 12.5. The minimum absolute atomic E-state index is 0.241. The van der Waals surface area contributed by atoms with E-state index < -0.39 is 11.8 Å². The molecular weight excluding hydrogens is 318 g/mol.